The van der Waals surface area contributed by atoms with E-state index in [9.17, 15) is 0 Å². The van der Waals surface area contributed by atoms with Gasteiger partial charge in [0.15, 0.2) is 0 Å². The summed E-state index contributed by atoms with van der Waals surface area (Å²) in [5.41, 5.74) is 1.24. The van der Waals surface area contributed by atoms with Crippen LogP contribution in [0, 0.1) is 11.3 Å². The van der Waals surface area contributed by atoms with E-state index in [1.807, 2.05) is 0 Å². The molecule has 0 heterocycles. The smallest absolute Gasteiger partial charge is 0.0622 e. The summed E-state index contributed by atoms with van der Waals surface area (Å²) in [6.45, 7) is 0.918. The van der Waals surface area contributed by atoms with E-state index in [4.69, 9.17) is 5.26 Å². The molecule has 2 aromatic rings. The zero-order chi connectivity index (χ0) is 12.1. The van der Waals surface area contributed by atoms with Gasteiger partial charge in [0.1, 0.15) is 0 Å². The molecule has 0 aliphatic carbocycles. The molecule has 86 valence electrons. The van der Waals surface area contributed by atoms with Crippen molar-refractivity contribution in [2.75, 3.05) is 18.5 Å². The van der Waals surface area contributed by atoms with E-state index in [2.05, 4.69) is 60.5 Å². The first-order chi connectivity index (χ1) is 8.33. The van der Waals surface area contributed by atoms with Crippen LogP contribution in [0.4, 0.5) is 5.69 Å². The lowest BCUT2D eigenvalue weighted by molar-refractivity contribution is 0.809. The Kier molecular flexibility index (Phi) is 3.62. The van der Waals surface area contributed by atoms with Gasteiger partial charge in [0, 0.05) is 31.1 Å². The van der Waals surface area contributed by atoms with E-state index in [1.165, 1.54) is 16.5 Å². The fraction of sp³-hybridized carbons (Fsp3) is 0.267. The highest BCUT2D eigenvalue weighted by atomic mass is 15.1. The molecular formula is C15H16N2. The number of unbranched alkanes of at least 4 members (excludes halogenated alkanes) is 1. The summed E-state index contributed by atoms with van der Waals surface area (Å²) in [7, 11) is 2.08. The molecule has 0 radical (unpaired) electrons. The van der Waals surface area contributed by atoms with Crippen LogP contribution in [0.3, 0.4) is 0 Å². The summed E-state index contributed by atoms with van der Waals surface area (Å²) >= 11 is 0. The van der Waals surface area contributed by atoms with Crippen LogP contribution < -0.4 is 4.90 Å². The quantitative estimate of drug-likeness (QED) is 0.742. The van der Waals surface area contributed by atoms with Crippen LogP contribution >= 0.6 is 0 Å². The van der Waals surface area contributed by atoms with E-state index >= 15 is 0 Å². The van der Waals surface area contributed by atoms with Gasteiger partial charge in [-0.3, -0.25) is 0 Å². The van der Waals surface area contributed by atoms with Crippen LogP contribution in [0.25, 0.3) is 10.8 Å². The number of fused-ring (bicyclic) bond motifs is 1. The molecule has 0 amide bonds. The largest absolute Gasteiger partial charge is 0.374 e. The molecule has 2 heteroatoms. The number of hydrogen-bond acceptors (Lipinski definition) is 2. The lowest BCUT2D eigenvalue weighted by Crippen LogP contribution is -2.18. The normalized spacial score (nSPS) is 10.1. The van der Waals surface area contributed by atoms with E-state index in [1.54, 1.807) is 0 Å². The van der Waals surface area contributed by atoms with Crippen molar-refractivity contribution in [2.45, 2.75) is 12.8 Å². The number of nitrogens with zero attached hydrogens (tertiary/aromatic N) is 2. The summed E-state index contributed by atoms with van der Waals surface area (Å²) < 4.78 is 0. The third-order valence-corrected chi connectivity index (χ3v) is 2.96. The molecule has 2 rings (SSSR count). The predicted octanol–water partition coefficient (Wildman–Crippen LogP) is 3.58. The zero-order valence-corrected chi connectivity index (χ0v) is 10.1. The molecule has 0 aromatic heterocycles. The van der Waals surface area contributed by atoms with E-state index < -0.39 is 0 Å². The van der Waals surface area contributed by atoms with Crippen LogP contribution in [0.1, 0.15) is 12.8 Å². The number of benzene rings is 2. The number of nitriles is 1. The fourth-order valence-corrected chi connectivity index (χ4v) is 2.06. The molecule has 0 atom stereocenters. The summed E-state index contributed by atoms with van der Waals surface area (Å²) in [5, 5.41) is 11.1. The molecule has 0 fully saturated rings. The Morgan fingerprint density at radius 3 is 2.71 bits per heavy atom. The highest BCUT2D eigenvalue weighted by Gasteiger charge is 2.04. The molecule has 0 bridgehead atoms. The maximum absolute atomic E-state index is 8.55. The monoisotopic (exact) mass is 224 g/mol. The van der Waals surface area contributed by atoms with E-state index in [-0.39, 0.29) is 0 Å². The molecule has 0 aliphatic rings. The Morgan fingerprint density at radius 2 is 1.88 bits per heavy atom. The maximum atomic E-state index is 8.55. The van der Waals surface area contributed by atoms with Gasteiger partial charge in [-0.25, -0.2) is 0 Å². The zero-order valence-electron chi connectivity index (χ0n) is 10.1. The minimum Gasteiger partial charge on any atom is -0.374 e. The summed E-state index contributed by atoms with van der Waals surface area (Å²) in [6.07, 6.45) is 1.53. The van der Waals surface area contributed by atoms with Gasteiger partial charge in [0.05, 0.1) is 6.07 Å². The van der Waals surface area contributed by atoms with Crippen molar-refractivity contribution >= 4 is 16.5 Å². The second-order valence-electron chi connectivity index (χ2n) is 4.18. The highest BCUT2D eigenvalue weighted by Crippen LogP contribution is 2.25. The molecule has 0 saturated carbocycles. The van der Waals surface area contributed by atoms with Crippen LogP contribution in [0.2, 0.25) is 0 Å². The van der Waals surface area contributed by atoms with Gasteiger partial charge in [-0.1, -0.05) is 36.4 Å². The van der Waals surface area contributed by atoms with Gasteiger partial charge >= 0.3 is 0 Å². The third-order valence-electron chi connectivity index (χ3n) is 2.96. The summed E-state index contributed by atoms with van der Waals surface area (Å²) in [6, 6.07) is 16.9. The van der Waals surface area contributed by atoms with Crippen LogP contribution in [0.15, 0.2) is 42.5 Å². The van der Waals surface area contributed by atoms with Crippen LogP contribution in [-0.4, -0.2) is 13.6 Å². The molecule has 0 aliphatic heterocycles. The van der Waals surface area contributed by atoms with Gasteiger partial charge in [0.2, 0.25) is 0 Å². The van der Waals surface area contributed by atoms with Crippen molar-refractivity contribution < 1.29 is 0 Å². The average molecular weight is 224 g/mol. The second kappa shape index (κ2) is 5.36. The molecule has 0 unspecified atom stereocenters. The Balaban J connectivity index is 2.26. The van der Waals surface area contributed by atoms with Gasteiger partial charge in [0.25, 0.3) is 0 Å². The number of rotatable bonds is 4. The lowest BCUT2D eigenvalue weighted by atomic mass is 10.1. The van der Waals surface area contributed by atoms with Gasteiger partial charge in [-0.2, -0.15) is 5.26 Å². The topological polar surface area (TPSA) is 27.0 Å². The molecule has 17 heavy (non-hydrogen) atoms. The fourth-order valence-electron chi connectivity index (χ4n) is 2.06. The van der Waals surface area contributed by atoms with Crippen molar-refractivity contribution in [3.8, 4) is 6.07 Å². The van der Waals surface area contributed by atoms with Crippen molar-refractivity contribution in [1.82, 2.24) is 0 Å². The molecule has 0 saturated heterocycles. The number of hydrogen-bond donors (Lipinski definition) is 0. The number of anilines is 1. The standard InChI is InChI=1S/C15H16N2/c1-17(12-5-4-11-16)15-10-6-8-13-7-2-3-9-14(13)15/h2-3,6-10H,4-5,12H2,1H3. The average Bonchev–Trinajstić information content (AvgIpc) is 2.38. The predicted molar refractivity (Wildman–Crippen MR) is 72.1 cm³/mol. The van der Waals surface area contributed by atoms with Gasteiger partial charge in [-0.05, 0) is 17.9 Å². The summed E-state index contributed by atoms with van der Waals surface area (Å²) in [5.74, 6) is 0. The highest BCUT2D eigenvalue weighted by molar-refractivity contribution is 5.94. The molecule has 0 N–H and O–H groups in total. The first-order valence-electron chi connectivity index (χ1n) is 5.89. The van der Waals surface area contributed by atoms with Crippen molar-refractivity contribution in [1.29, 1.82) is 5.26 Å². The second-order valence-corrected chi connectivity index (χ2v) is 4.18. The molecular weight excluding hydrogens is 208 g/mol. The Labute approximate surface area is 102 Å². The minimum absolute atomic E-state index is 0.620. The van der Waals surface area contributed by atoms with E-state index in [0.29, 0.717) is 6.42 Å². The van der Waals surface area contributed by atoms with Crippen LogP contribution in [-0.2, 0) is 0 Å². The van der Waals surface area contributed by atoms with Crippen LogP contribution in [0.5, 0.6) is 0 Å². The molecule has 2 aromatic carbocycles. The maximum Gasteiger partial charge on any atom is 0.0622 e. The minimum atomic E-state index is 0.620. The van der Waals surface area contributed by atoms with Gasteiger partial charge in [-0.15, -0.1) is 0 Å². The third kappa shape index (κ3) is 2.57. The van der Waals surface area contributed by atoms with Gasteiger partial charge < -0.3 is 4.90 Å². The van der Waals surface area contributed by atoms with Crippen molar-refractivity contribution in [2.24, 2.45) is 0 Å². The van der Waals surface area contributed by atoms with Crippen molar-refractivity contribution in [3.63, 3.8) is 0 Å². The Hall–Kier alpha value is -2.01. The summed E-state index contributed by atoms with van der Waals surface area (Å²) in [4.78, 5) is 2.22. The van der Waals surface area contributed by atoms with E-state index in [0.717, 1.165) is 13.0 Å². The molecule has 0 spiro atoms. The molecule has 2 nitrogen and oxygen atoms in total. The Morgan fingerprint density at radius 1 is 1.12 bits per heavy atom. The Bertz CT molecular complexity index is 535. The first-order valence-corrected chi connectivity index (χ1v) is 5.89. The van der Waals surface area contributed by atoms with Crippen molar-refractivity contribution in [3.05, 3.63) is 42.5 Å². The SMILES string of the molecule is CN(CCCC#N)c1cccc2ccccc12. The first kappa shape index (κ1) is 11.5. The lowest BCUT2D eigenvalue weighted by Gasteiger charge is -2.20.